The average Bonchev–Trinajstić information content (AvgIpc) is 2.93. The molecule has 0 saturated carbocycles. The number of nitro groups is 1. The molecule has 0 unspecified atom stereocenters. The molecule has 1 N–H and O–H groups in total. The van der Waals surface area contributed by atoms with Crippen LogP contribution in [0.5, 0.6) is 0 Å². The Bertz CT molecular complexity index is 808. The third-order valence-electron chi connectivity index (χ3n) is 3.57. The molecule has 0 radical (unpaired) electrons. The number of allylic oxidation sites excluding steroid dienone is 2. The fourth-order valence-corrected chi connectivity index (χ4v) is 2.66. The summed E-state index contributed by atoms with van der Waals surface area (Å²) < 4.78 is 1.56. The predicted octanol–water partition coefficient (Wildman–Crippen LogP) is 2.06. The zero-order valence-electron chi connectivity index (χ0n) is 12.0. The number of non-ortho nitro benzene ring substituents is 1. The van der Waals surface area contributed by atoms with Gasteiger partial charge in [0, 0.05) is 23.4 Å². The van der Waals surface area contributed by atoms with E-state index in [0.29, 0.717) is 22.8 Å². The van der Waals surface area contributed by atoms with Gasteiger partial charge in [-0.05, 0) is 19.4 Å². The Morgan fingerprint density at radius 1 is 1.45 bits per heavy atom. The summed E-state index contributed by atoms with van der Waals surface area (Å²) >= 11 is 0. The summed E-state index contributed by atoms with van der Waals surface area (Å²) in [7, 11) is 0. The van der Waals surface area contributed by atoms with Crippen LogP contribution in [-0.2, 0) is 4.79 Å². The van der Waals surface area contributed by atoms with E-state index in [0.717, 1.165) is 0 Å². The van der Waals surface area contributed by atoms with Gasteiger partial charge in [-0.3, -0.25) is 14.9 Å². The lowest BCUT2D eigenvalue weighted by atomic mass is 9.93. The molecule has 3 rings (SSSR count). The second-order valence-electron chi connectivity index (χ2n) is 5.00. The number of rotatable bonds is 3. The van der Waals surface area contributed by atoms with Crippen molar-refractivity contribution in [3.63, 3.8) is 0 Å². The van der Waals surface area contributed by atoms with Crippen molar-refractivity contribution in [2.75, 3.05) is 5.32 Å². The molecule has 0 aliphatic carbocycles. The number of carbonyl (C=O) groups is 1. The van der Waals surface area contributed by atoms with Crippen LogP contribution in [0.3, 0.4) is 0 Å². The molecule has 8 nitrogen and oxygen atoms in total. The highest BCUT2D eigenvalue weighted by Crippen LogP contribution is 2.35. The van der Waals surface area contributed by atoms with Crippen LogP contribution in [-0.4, -0.2) is 25.5 Å². The first-order valence-corrected chi connectivity index (χ1v) is 6.61. The van der Waals surface area contributed by atoms with Gasteiger partial charge in [0.2, 0.25) is 5.95 Å². The molecule has 0 amide bonds. The van der Waals surface area contributed by atoms with Gasteiger partial charge >= 0.3 is 0 Å². The number of nitro benzene ring substituents is 1. The molecule has 112 valence electrons. The zero-order valence-corrected chi connectivity index (χ0v) is 12.0. The Balaban J connectivity index is 2.20. The van der Waals surface area contributed by atoms with Crippen LogP contribution < -0.4 is 5.32 Å². The van der Waals surface area contributed by atoms with Crippen molar-refractivity contribution in [2.45, 2.75) is 19.9 Å². The SMILES string of the molecule is CC(=O)C1=C(C)Nc2ncnn2[C@@H]1c1cccc([N+](=O)[O-])c1. The number of Topliss-reactive ketones (excluding diaryl/α,β-unsaturated/α-hetero) is 1. The van der Waals surface area contributed by atoms with E-state index in [-0.39, 0.29) is 11.5 Å². The minimum absolute atomic E-state index is 0.0294. The smallest absolute Gasteiger partial charge is 0.269 e. The number of hydrogen-bond acceptors (Lipinski definition) is 6. The van der Waals surface area contributed by atoms with Crippen molar-refractivity contribution >= 4 is 17.4 Å². The van der Waals surface area contributed by atoms with Crippen LogP contribution in [0.2, 0.25) is 0 Å². The van der Waals surface area contributed by atoms with Gasteiger partial charge < -0.3 is 5.32 Å². The predicted molar refractivity (Wildman–Crippen MR) is 78.3 cm³/mol. The number of ketones is 1. The lowest BCUT2D eigenvalue weighted by molar-refractivity contribution is -0.384. The lowest BCUT2D eigenvalue weighted by Crippen LogP contribution is -2.27. The number of anilines is 1. The fourth-order valence-electron chi connectivity index (χ4n) is 2.66. The van der Waals surface area contributed by atoms with Crippen molar-refractivity contribution in [2.24, 2.45) is 0 Å². The number of nitrogens with one attached hydrogen (secondary N) is 1. The topological polar surface area (TPSA) is 103 Å². The molecule has 0 spiro atoms. The molecule has 8 heteroatoms. The molecule has 2 heterocycles. The van der Waals surface area contributed by atoms with E-state index in [4.69, 9.17) is 0 Å². The van der Waals surface area contributed by atoms with Gasteiger partial charge in [0.25, 0.3) is 5.69 Å². The molecule has 0 saturated heterocycles. The molecule has 1 atom stereocenters. The second kappa shape index (κ2) is 5.06. The minimum atomic E-state index is -0.531. The number of aromatic nitrogens is 3. The van der Waals surface area contributed by atoms with Gasteiger partial charge in [-0.15, -0.1) is 0 Å². The van der Waals surface area contributed by atoms with Crippen LogP contribution in [0, 0.1) is 10.1 Å². The van der Waals surface area contributed by atoms with Crippen LogP contribution in [0.1, 0.15) is 25.5 Å². The Morgan fingerprint density at radius 2 is 2.23 bits per heavy atom. The summed E-state index contributed by atoms with van der Waals surface area (Å²) in [6.45, 7) is 3.24. The molecule has 2 aromatic rings. The van der Waals surface area contributed by atoms with Crippen molar-refractivity contribution in [1.29, 1.82) is 0 Å². The van der Waals surface area contributed by atoms with Gasteiger partial charge in [0.05, 0.1) is 4.92 Å². The van der Waals surface area contributed by atoms with Gasteiger partial charge in [-0.25, -0.2) is 4.68 Å². The second-order valence-corrected chi connectivity index (χ2v) is 5.00. The van der Waals surface area contributed by atoms with Crippen molar-refractivity contribution in [3.8, 4) is 0 Å². The summed E-state index contributed by atoms with van der Waals surface area (Å²) in [5.41, 5.74) is 1.77. The lowest BCUT2D eigenvalue weighted by Gasteiger charge is -2.27. The van der Waals surface area contributed by atoms with E-state index >= 15 is 0 Å². The van der Waals surface area contributed by atoms with E-state index in [2.05, 4.69) is 15.4 Å². The molecular formula is C14H13N5O3. The standard InChI is InChI=1S/C14H13N5O3/c1-8-12(9(2)20)13(18-14(17-8)15-7-16-18)10-4-3-5-11(6-10)19(21)22/h3-7,13H,1-2H3,(H,15,16,17)/t13-/m1/s1. The highest BCUT2D eigenvalue weighted by molar-refractivity contribution is 5.96. The van der Waals surface area contributed by atoms with Crippen LogP contribution in [0.4, 0.5) is 11.6 Å². The number of nitrogens with zero attached hydrogens (tertiary/aromatic N) is 4. The van der Waals surface area contributed by atoms with Gasteiger partial charge in [0.15, 0.2) is 5.78 Å². The maximum Gasteiger partial charge on any atom is 0.269 e. The Kier molecular flexibility index (Phi) is 3.21. The van der Waals surface area contributed by atoms with Crippen LogP contribution >= 0.6 is 0 Å². The van der Waals surface area contributed by atoms with E-state index in [1.165, 1.54) is 25.4 Å². The Morgan fingerprint density at radius 3 is 2.91 bits per heavy atom. The summed E-state index contributed by atoms with van der Waals surface area (Å²) in [6.07, 6.45) is 1.38. The number of fused-ring (bicyclic) bond motifs is 1. The zero-order chi connectivity index (χ0) is 15.9. The van der Waals surface area contributed by atoms with E-state index in [1.54, 1.807) is 23.7 Å². The fraction of sp³-hybridized carbons (Fsp3) is 0.214. The van der Waals surface area contributed by atoms with E-state index < -0.39 is 11.0 Å². The average molecular weight is 299 g/mol. The van der Waals surface area contributed by atoms with Crippen LogP contribution in [0.15, 0.2) is 41.9 Å². The molecular weight excluding hydrogens is 286 g/mol. The molecule has 1 aliphatic heterocycles. The Hall–Kier alpha value is -3.03. The summed E-state index contributed by atoms with van der Waals surface area (Å²) in [5.74, 6) is 0.377. The first kappa shape index (κ1) is 13.9. The molecule has 0 fully saturated rings. The largest absolute Gasteiger partial charge is 0.328 e. The summed E-state index contributed by atoms with van der Waals surface area (Å²) in [6, 6.07) is 5.68. The van der Waals surface area contributed by atoms with Gasteiger partial charge in [-0.1, -0.05) is 12.1 Å². The first-order chi connectivity index (χ1) is 10.5. The number of hydrogen-bond donors (Lipinski definition) is 1. The number of carbonyl (C=O) groups excluding carboxylic acids is 1. The van der Waals surface area contributed by atoms with Crippen LogP contribution in [0.25, 0.3) is 0 Å². The third-order valence-corrected chi connectivity index (χ3v) is 3.57. The summed E-state index contributed by atoms with van der Waals surface area (Å²) in [5, 5.41) is 18.2. The number of benzene rings is 1. The van der Waals surface area contributed by atoms with Crippen molar-refractivity contribution in [1.82, 2.24) is 14.8 Å². The van der Waals surface area contributed by atoms with E-state index in [1.807, 2.05) is 0 Å². The Labute approximate surface area is 125 Å². The van der Waals surface area contributed by atoms with Crippen molar-refractivity contribution < 1.29 is 9.72 Å². The highest BCUT2D eigenvalue weighted by Gasteiger charge is 2.32. The minimum Gasteiger partial charge on any atom is -0.328 e. The highest BCUT2D eigenvalue weighted by atomic mass is 16.6. The first-order valence-electron chi connectivity index (χ1n) is 6.61. The molecule has 1 aliphatic rings. The van der Waals surface area contributed by atoms with Crippen molar-refractivity contribution in [3.05, 3.63) is 57.5 Å². The summed E-state index contributed by atoms with van der Waals surface area (Å²) in [4.78, 5) is 26.7. The van der Waals surface area contributed by atoms with E-state index in [9.17, 15) is 14.9 Å². The molecule has 1 aromatic heterocycles. The monoisotopic (exact) mass is 299 g/mol. The molecule has 0 bridgehead atoms. The van der Waals surface area contributed by atoms with Gasteiger partial charge in [0.1, 0.15) is 12.4 Å². The molecule has 22 heavy (non-hydrogen) atoms. The maximum absolute atomic E-state index is 12.1. The third kappa shape index (κ3) is 2.14. The molecule has 1 aromatic carbocycles. The van der Waals surface area contributed by atoms with Gasteiger partial charge in [-0.2, -0.15) is 10.1 Å². The maximum atomic E-state index is 12.1. The normalized spacial score (nSPS) is 16.9. The quantitative estimate of drug-likeness (QED) is 0.687.